The number of rotatable bonds is 6. The molecule has 0 radical (unpaired) electrons. The minimum atomic E-state index is -1.84. The summed E-state index contributed by atoms with van der Waals surface area (Å²) >= 11 is 0. The molecule has 3 aromatic carbocycles. The van der Waals surface area contributed by atoms with Gasteiger partial charge in [0.2, 0.25) is 5.78 Å². The van der Waals surface area contributed by atoms with E-state index < -0.39 is 23.6 Å². The zero-order valence-corrected chi connectivity index (χ0v) is 14.4. The van der Waals surface area contributed by atoms with Crippen molar-refractivity contribution in [3.63, 3.8) is 0 Å². The fourth-order valence-corrected chi connectivity index (χ4v) is 2.64. The van der Waals surface area contributed by atoms with Gasteiger partial charge in [-0.15, -0.1) is 0 Å². The second-order valence-corrected chi connectivity index (χ2v) is 6.12. The Hall–Kier alpha value is -3.31. The standard InChI is InChI=1S/C22H18FNO3/c23-18-10-12-19(13-11-18)24-22(27)21(26)20(25)17-8-6-16(7-9-17)14-15-4-2-1-3-5-15/h1-13,21,26H,14H2,(H,24,27). The van der Waals surface area contributed by atoms with Gasteiger partial charge in [0.25, 0.3) is 5.91 Å². The first-order valence-electron chi connectivity index (χ1n) is 8.44. The van der Waals surface area contributed by atoms with Crippen LogP contribution in [0, 0.1) is 5.82 Å². The molecule has 0 aliphatic rings. The number of aliphatic hydroxyl groups excluding tert-OH is 1. The number of halogens is 1. The molecule has 0 aliphatic carbocycles. The molecule has 0 aromatic heterocycles. The average molecular weight is 363 g/mol. The number of Topliss-reactive ketones (excluding diaryl/α,β-unsaturated/α-hetero) is 1. The molecule has 0 aliphatic heterocycles. The van der Waals surface area contributed by atoms with E-state index in [1.165, 1.54) is 24.3 Å². The molecule has 1 atom stereocenters. The monoisotopic (exact) mass is 363 g/mol. The molecule has 0 spiro atoms. The SMILES string of the molecule is O=C(Nc1ccc(F)cc1)C(O)C(=O)c1ccc(Cc2ccccc2)cc1. The molecule has 1 unspecified atom stereocenters. The molecule has 0 saturated heterocycles. The van der Waals surface area contributed by atoms with E-state index in [4.69, 9.17) is 0 Å². The van der Waals surface area contributed by atoms with Gasteiger partial charge in [0.05, 0.1) is 0 Å². The van der Waals surface area contributed by atoms with Crippen molar-refractivity contribution in [2.45, 2.75) is 12.5 Å². The van der Waals surface area contributed by atoms with E-state index >= 15 is 0 Å². The van der Waals surface area contributed by atoms with Crippen molar-refractivity contribution >= 4 is 17.4 Å². The van der Waals surface area contributed by atoms with Crippen molar-refractivity contribution in [2.75, 3.05) is 5.32 Å². The second-order valence-electron chi connectivity index (χ2n) is 6.12. The molecule has 0 bridgehead atoms. The molecule has 2 N–H and O–H groups in total. The predicted molar refractivity (Wildman–Crippen MR) is 101 cm³/mol. The fraction of sp³-hybridized carbons (Fsp3) is 0.0909. The van der Waals surface area contributed by atoms with Gasteiger partial charge < -0.3 is 10.4 Å². The molecule has 5 heteroatoms. The van der Waals surface area contributed by atoms with Crippen LogP contribution in [0.25, 0.3) is 0 Å². The van der Waals surface area contributed by atoms with E-state index in [0.717, 1.165) is 17.5 Å². The summed E-state index contributed by atoms with van der Waals surface area (Å²) < 4.78 is 12.9. The Labute approximate surface area is 156 Å². The highest BCUT2D eigenvalue weighted by Crippen LogP contribution is 2.13. The Kier molecular flexibility index (Phi) is 5.74. The maximum atomic E-state index is 12.9. The molecule has 3 aromatic rings. The van der Waals surface area contributed by atoms with Crippen LogP contribution < -0.4 is 5.32 Å². The van der Waals surface area contributed by atoms with Crippen molar-refractivity contribution in [3.05, 3.63) is 101 Å². The van der Waals surface area contributed by atoms with Crippen molar-refractivity contribution < 1.29 is 19.1 Å². The highest BCUT2D eigenvalue weighted by Gasteiger charge is 2.25. The van der Waals surface area contributed by atoms with Crippen molar-refractivity contribution in [1.29, 1.82) is 0 Å². The first kappa shape index (κ1) is 18.5. The Morgan fingerprint density at radius 3 is 2.07 bits per heavy atom. The largest absolute Gasteiger partial charge is 0.376 e. The molecular formula is C22H18FNO3. The van der Waals surface area contributed by atoms with Crippen LogP contribution in [0.15, 0.2) is 78.9 Å². The first-order valence-corrected chi connectivity index (χ1v) is 8.44. The second kappa shape index (κ2) is 8.38. The molecule has 0 saturated carbocycles. The van der Waals surface area contributed by atoms with Crippen molar-refractivity contribution in [3.8, 4) is 0 Å². The summed E-state index contributed by atoms with van der Waals surface area (Å²) in [7, 11) is 0. The average Bonchev–Trinajstić information content (AvgIpc) is 2.70. The number of amides is 1. The third-order valence-electron chi connectivity index (χ3n) is 4.10. The van der Waals surface area contributed by atoms with Gasteiger partial charge in [0.1, 0.15) is 5.82 Å². The molecule has 1 amide bonds. The van der Waals surface area contributed by atoms with Gasteiger partial charge in [0.15, 0.2) is 6.10 Å². The van der Waals surface area contributed by atoms with Crippen LogP contribution >= 0.6 is 0 Å². The number of hydrogen-bond donors (Lipinski definition) is 2. The first-order chi connectivity index (χ1) is 13.0. The van der Waals surface area contributed by atoms with Gasteiger partial charge in [-0.3, -0.25) is 9.59 Å². The Morgan fingerprint density at radius 1 is 0.852 bits per heavy atom. The van der Waals surface area contributed by atoms with Gasteiger partial charge in [0, 0.05) is 11.3 Å². The van der Waals surface area contributed by atoms with E-state index in [-0.39, 0.29) is 5.56 Å². The number of nitrogens with one attached hydrogen (secondary N) is 1. The van der Waals surface area contributed by atoms with Gasteiger partial charge in [-0.25, -0.2) is 4.39 Å². The number of anilines is 1. The summed E-state index contributed by atoms with van der Waals surface area (Å²) in [5, 5.41) is 12.4. The zero-order chi connectivity index (χ0) is 19.2. The van der Waals surface area contributed by atoms with E-state index in [1.54, 1.807) is 24.3 Å². The minimum Gasteiger partial charge on any atom is -0.376 e. The van der Waals surface area contributed by atoms with Crippen molar-refractivity contribution in [1.82, 2.24) is 0 Å². The summed E-state index contributed by atoms with van der Waals surface area (Å²) in [6.45, 7) is 0. The summed E-state index contributed by atoms with van der Waals surface area (Å²) in [6.07, 6.45) is -1.11. The van der Waals surface area contributed by atoms with Crippen LogP contribution in [0.2, 0.25) is 0 Å². The van der Waals surface area contributed by atoms with Crippen LogP contribution in [0.1, 0.15) is 21.5 Å². The van der Waals surface area contributed by atoms with Crippen LogP contribution in [0.5, 0.6) is 0 Å². The third kappa shape index (κ3) is 4.86. The summed E-state index contributed by atoms with van der Waals surface area (Å²) in [5.74, 6) is -2.00. The van der Waals surface area contributed by atoms with Gasteiger partial charge in [-0.1, -0.05) is 54.6 Å². The lowest BCUT2D eigenvalue weighted by atomic mass is 10.0. The molecule has 0 heterocycles. The zero-order valence-electron chi connectivity index (χ0n) is 14.4. The highest BCUT2D eigenvalue weighted by molar-refractivity contribution is 6.15. The number of benzene rings is 3. The molecule has 4 nitrogen and oxygen atoms in total. The van der Waals surface area contributed by atoms with Crippen LogP contribution in [-0.4, -0.2) is 22.9 Å². The Bertz CT molecular complexity index is 922. The number of aliphatic hydroxyl groups is 1. The molecule has 3 rings (SSSR count). The lowest BCUT2D eigenvalue weighted by molar-refractivity contribution is -0.121. The van der Waals surface area contributed by atoms with Crippen LogP contribution in [0.4, 0.5) is 10.1 Å². The topological polar surface area (TPSA) is 66.4 Å². The van der Waals surface area contributed by atoms with E-state index in [9.17, 15) is 19.1 Å². The van der Waals surface area contributed by atoms with E-state index in [1.807, 2.05) is 30.3 Å². The smallest absolute Gasteiger partial charge is 0.261 e. The number of hydrogen-bond acceptors (Lipinski definition) is 3. The summed E-state index contributed by atoms with van der Waals surface area (Å²) in [5.41, 5.74) is 2.71. The van der Waals surface area contributed by atoms with Crippen LogP contribution in [0.3, 0.4) is 0 Å². The highest BCUT2D eigenvalue weighted by atomic mass is 19.1. The van der Waals surface area contributed by atoms with E-state index in [2.05, 4.69) is 5.32 Å². The number of ketones is 1. The predicted octanol–water partition coefficient (Wildman–Crippen LogP) is 3.60. The molecule has 27 heavy (non-hydrogen) atoms. The lowest BCUT2D eigenvalue weighted by Crippen LogP contribution is -2.34. The summed E-state index contributed by atoms with van der Waals surface area (Å²) in [6, 6.07) is 21.7. The fourth-order valence-electron chi connectivity index (χ4n) is 2.64. The number of carbonyl (C=O) groups is 2. The van der Waals surface area contributed by atoms with Crippen molar-refractivity contribution in [2.24, 2.45) is 0 Å². The number of carbonyl (C=O) groups excluding carboxylic acids is 2. The van der Waals surface area contributed by atoms with Crippen LogP contribution in [-0.2, 0) is 11.2 Å². The third-order valence-corrected chi connectivity index (χ3v) is 4.10. The van der Waals surface area contributed by atoms with Gasteiger partial charge in [-0.05, 0) is 41.8 Å². The molecule has 136 valence electrons. The van der Waals surface area contributed by atoms with Gasteiger partial charge >= 0.3 is 0 Å². The lowest BCUT2D eigenvalue weighted by Gasteiger charge is -2.11. The maximum Gasteiger partial charge on any atom is 0.261 e. The quantitative estimate of drug-likeness (QED) is 0.519. The normalized spacial score (nSPS) is 11.6. The minimum absolute atomic E-state index is 0.244. The maximum absolute atomic E-state index is 12.9. The molecule has 0 fully saturated rings. The summed E-state index contributed by atoms with van der Waals surface area (Å²) in [4.78, 5) is 24.4. The van der Waals surface area contributed by atoms with E-state index in [0.29, 0.717) is 5.69 Å². The molecular weight excluding hydrogens is 345 g/mol. The Balaban J connectivity index is 1.63. The Morgan fingerprint density at radius 2 is 1.44 bits per heavy atom. The van der Waals surface area contributed by atoms with Gasteiger partial charge in [-0.2, -0.15) is 0 Å².